The number of carboxylic acids is 1. The molecule has 0 fully saturated rings. The normalized spacial score (nSPS) is 13.3. The Morgan fingerprint density at radius 2 is 1.56 bits per heavy atom. The highest BCUT2D eigenvalue weighted by Crippen LogP contribution is 2.10. The molecular formula is C22H40NO4+. The Balaban J connectivity index is 3.96. The maximum atomic E-state index is 11.9. The Kier molecular flexibility index (Phi) is 14.5. The molecule has 0 aromatic rings. The first-order chi connectivity index (χ1) is 12.7. The van der Waals surface area contributed by atoms with Crippen molar-refractivity contribution in [2.45, 2.75) is 77.2 Å². The minimum Gasteiger partial charge on any atom is -0.481 e. The van der Waals surface area contributed by atoms with Crippen LogP contribution in [0.5, 0.6) is 0 Å². The van der Waals surface area contributed by atoms with E-state index < -0.39 is 18.0 Å². The maximum Gasteiger partial charge on any atom is 0.331 e. The number of carbonyl (C=O) groups excluding carboxylic acids is 1. The molecule has 0 aromatic heterocycles. The first-order valence-electron chi connectivity index (χ1n) is 10.3. The van der Waals surface area contributed by atoms with E-state index in [1.807, 2.05) is 27.2 Å². The highest BCUT2D eigenvalue weighted by atomic mass is 16.5. The molecule has 0 saturated heterocycles. The monoisotopic (exact) mass is 382 g/mol. The van der Waals surface area contributed by atoms with Gasteiger partial charge < -0.3 is 14.3 Å². The van der Waals surface area contributed by atoms with Crippen LogP contribution in [0.25, 0.3) is 0 Å². The Labute approximate surface area is 165 Å². The summed E-state index contributed by atoms with van der Waals surface area (Å²) in [5.41, 5.74) is 0. The van der Waals surface area contributed by atoms with Gasteiger partial charge in [-0.25, -0.2) is 4.79 Å². The number of hydrogen-bond donors (Lipinski definition) is 1. The summed E-state index contributed by atoms with van der Waals surface area (Å²) in [6, 6.07) is 0. The summed E-state index contributed by atoms with van der Waals surface area (Å²) in [6.07, 6.45) is 17.6. The standard InChI is InChI=1S/C22H39NO4/c1-5-6-7-8-9-10-11-12-13-14-15-16-17-22(26)27-20(18-21(24)25)19-23(2,3)4/h14-17,20H,5-13,18-19H2,1-4H3/p+1/b15-14+,17-16+. The van der Waals surface area contributed by atoms with Crippen LogP contribution in [0.3, 0.4) is 0 Å². The van der Waals surface area contributed by atoms with Crippen molar-refractivity contribution in [1.82, 2.24) is 0 Å². The molecule has 0 heterocycles. The zero-order chi connectivity index (χ0) is 20.5. The fourth-order valence-corrected chi connectivity index (χ4v) is 2.86. The van der Waals surface area contributed by atoms with Gasteiger partial charge in [0.05, 0.1) is 27.6 Å². The number of allylic oxidation sites excluding steroid dienone is 3. The van der Waals surface area contributed by atoms with Gasteiger partial charge in [-0.3, -0.25) is 4.79 Å². The number of esters is 1. The Bertz CT molecular complexity index is 463. The summed E-state index contributed by atoms with van der Waals surface area (Å²) in [6.45, 7) is 2.69. The lowest BCUT2D eigenvalue weighted by molar-refractivity contribution is -0.873. The van der Waals surface area contributed by atoms with Gasteiger partial charge in [-0.05, 0) is 12.8 Å². The molecule has 5 heteroatoms. The molecule has 5 nitrogen and oxygen atoms in total. The van der Waals surface area contributed by atoms with E-state index in [9.17, 15) is 9.59 Å². The topological polar surface area (TPSA) is 63.6 Å². The van der Waals surface area contributed by atoms with Crippen molar-refractivity contribution in [3.63, 3.8) is 0 Å². The third-order valence-electron chi connectivity index (χ3n) is 4.14. The second-order valence-electron chi connectivity index (χ2n) is 8.18. The van der Waals surface area contributed by atoms with Crippen LogP contribution in [0.15, 0.2) is 24.3 Å². The zero-order valence-electron chi connectivity index (χ0n) is 17.8. The summed E-state index contributed by atoms with van der Waals surface area (Å²) in [5, 5.41) is 8.95. The molecular weight excluding hydrogens is 342 g/mol. The van der Waals surface area contributed by atoms with Gasteiger partial charge in [0.1, 0.15) is 6.54 Å². The van der Waals surface area contributed by atoms with Gasteiger partial charge in [0.15, 0.2) is 6.10 Å². The third kappa shape index (κ3) is 19.0. The Morgan fingerprint density at radius 3 is 2.11 bits per heavy atom. The van der Waals surface area contributed by atoms with Crippen molar-refractivity contribution >= 4 is 11.9 Å². The van der Waals surface area contributed by atoms with Crippen molar-refractivity contribution < 1.29 is 23.9 Å². The van der Waals surface area contributed by atoms with E-state index in [0.29, 0.717) is 11.0 Å². The molecule has 0 aliphatic heterocycles. The van der Waals surface area contributed by atoms with Gasteiger partial charge in [-0.2, -0.15) is 0 Å². The maximum absolute atomic E-state index is 11.9. The van der Waals surface area contributed by atoms with E-state index in [2.05, 4.69) is 13.0 Å². The molecule has 27 heavy (non-hydrogen) atoms. The fourth-order valence-electron chi connectivity index (χ4n) is 2.86. The van der Waals surface area contributed by atoms with E-state index in [4.69, 9.17) is 9.84 Å². The largest absolute Gasteiger partial charge is 0.481 e. The summed E-state index contributed by atoms with van der Waals surface area (Å²) in [4.78, 5) is 22.8. The van der Waals surface area contributed by atoms with E-state index in [0.717, 1.165) is 6.42 Å². The van der Waals surface area contributed by atoms with Crippen LogP contribution in [-0.2, 0) is 14.3 Å². The average Bonchev–Trinajstić information content (AvgIpc) is 2.53. The number of ether oxygens (including phenoxy) is 1. The molecule has 156 valence electrons. The minimum absolute atomic E-state index is 0.177. The van der Waals surface area contributed by atoms with Gasteiger partial charge in [0, 0.05) is 6.08 Å². The number of carboxylic acid groups (broad SMARTS) is 1. The van der Waals surface area contributed by atoms with Crippen LogP contribution in [0.2, 0.25) is 0 Å². The number of carbonyl (C=O) groups is 2. The molecule has 0 aliphatic carbocycles. The Morgan fingerprint density at radius 1 is 0.963 bits per heavy atom. The van der Waals surface area contributed by atoms with E-state index >= 15 is 0 Å². The van der Waals surface area contributed by atoms with Crippen molar-refractivity contribution in [3.05, 3.63) is 24.3 Å². The van der Waals surface area contributed by atoms with Gasteiger partial charge in [0.25, 0.3) is 0 Å². The second kappa shape index (κ2) is 15.4. The average molecular weight is 383 g/mol. The molecule has 0 bridgehead atoms. The number of rotatable bonds is 16. The summed E-state index contributed by atoms with van der Waals surface area (Å²) in [5.74, 6) is -1.46. The fraction of sp³-hybridized carbons (Fsp3) is 0.727. The molecule has 0 rings (SSSR count). The SMILES string of the molecule is CCCCCCCCCC/C=C/C=C/C(=O)OC(CC(=O)O)C[N+](C)(C)C. The first kappa shape index (κ1) is 25.4. The number of likely N-dealkylation sites (N-methyl/N-ethyl adjacent to an activating group) is 1. The highest BCUT2D eigenvalue weighted by molar-refractivity contribution is 5.82. The summed E-state index contributed by atoms with van der Waals surface area (Å²) >= 11 is 0. The molecule has 0 spiro atoms. The van der Waals surface area contributed by atoms with Gasteiger partial charge >= 0.3 is 11.9 Å². The second-order valence-corrected chi connectivity index (χ2v) is 8.18. The quantitative estimate of drug-likeness (QED) is 0.138. The predicted molar refractivity (Wildman–Crippen MR) is 111 cm³/mol. The van der Waals surface area contributed by atoms with Gasteiger partial charge in [-0.1, -0.05) is 70.1 Å². The molecule has 0 amide bonds. The summed E-state index contributed by atoms with van der Waals surface area (Å²) in [7, 11) is 5.81. The number of nitrogens with zero attached hydrogens (tertiary/aromatic N) is 1. The predicted octanol–water partition coefficient (Wildman–Crippen LogP) is 4.72. The van der Waals surface area contributed by atoms with Crippen molar-refractivity contribution in [1.29, 1.82) is 0 Å². The molecule has 1 N–H and O–H groups in total. The van der Waals surface area contributed by atoms with Crippen LogP contribution < -0.4 is 0 Å². The molecule has 1 unspecified atom stereocenters. The van der Waals surface area contributed by atoms with E-state index in [-0.39, 0.29) is 6.42 Å². The molecule has 1 atom stereocenters. The lowest BCUT2D eigenvalue weighted by atomic mass is 10.1. The van der Waals surface area contributed by atoms with Crippen LogP contribution in [0.4, 0.5) is 0 Å². The number of aliphatic carboxylic acids is 1. The highest BCUT2D eigenvalue weighted by Gasteiger charge is 2.23. The lowest BCUT2D eigenvalue weighted by Gasteiger charge is -2.28. The van der Waals surface area contributed by atoms with Crippen molar-refractivity contribution in [3.8, 4) is 0 Å². The third-order valence-corrected chi connectivity index (χ3v) is 4.14. The number of hydrogen-bond acceptors (Lipinski definition) is 3. The van der Waals surface area contributed by atoms with Crippen molar-refractivity contribution in [2.75, 3.05) is 27.7 Å². The summed E-state index contributed by atoms with van der Waals surface area (Å²) < 4.78 is 5.82. The van der Waals surface area contributed by atoms with Crippen LogP contribution in [0.1, 0.15) is 71.1 Å². The van der Waals surface area contributed by atoms with Crippen LogP contribution in [0, 0.1) is 0 Å². The zero-order valence-corrected chi connectivity index (χ0v) is 17.8. The lowest BCUT2D eigenvalue weighted by Crippen LogP contribution is -2.43. The molecule has 0 saturated carbocycles. The first-order valence-corrected chi connectivity index (χ1v) is 10.3. The Hall–Kier alpha value is -1.62. The van der Waals surface area contributed by atoms with Crippen LogP contribution >= 0.6 is 0 Å². The number of unbranched alkanes of at least 4 members (excludes halogenated alkanes) is 8. The van der Waals surface area contributed by atoms with Crippen LogP contribution in [-0.4, -0.2) is 55.3 Å². The molecule has 0 aromatic carbocycles. The smallest absolute Gasteiger partial charge is 0.331 e. The molecule has 0 aliphatic rings. The van der Waals surface area contributed by atoms with Crippen molar-refractivity contribution in [2.24, 2.45) is 0 Å². The number of quaternary nitrogens is 1. The van der Waals surface area contributed by atoms with E-state index in [1.54, 1.807) is 6.08 Å². The van der Waals surface area contributed by atoms with Gasteiger partial charge in [-0.15, -0.1) is 0 Å². The van der Waals surface area contributed by atoms with E-state index in [1.165, 1.54) is 57.4 Å². The molecule has 0 radical (unpaired) electrons. The van der Waals surface area contributed by atoms with Gasteiger partial charge in [0.2, 0.25) is 0 Å². The minimum atomic E-state index is -0.963.